The minimum atomic E-state index is -4.57. The molecule has 1 fully saturated rings. The lowest BCUT2D eigenvalue weighted by atomic mass is 9.75. The number of anilines is 1. The van der Waals surface area contributed by atoms with E-state index in [9.17, 15) is 13.2 Å². The lowest BCUT2D eigenvalue weighted by Gasteiger charge is -2.42. The van der Waals surface area contributed by atoms with E-state index in [4.69, 9.17) is 0 Å². The van der Waals surface area contributed by atoms with Gasteiger partial charge in [-0.25, -0.2) is 0 Å². The Morgan fingerprint density at radius 2 is 2.05 bits per heavy atom. The van der Waals surface area contributed by atoms with Gasteiger partial charge in [0.15, 0.2) is 5.65 Å². The second-order valence-corrected chi connectivity index (χ2v) is 5.12. The smallest absolute Gasteiger partial charge is 0.363 e. The molecule has 2 aromatic heterocycles. The average molecular weight is 285 g/mol. The SMILES string of the molecule is CCC1(Nc2ccc3nnc(C(F)(F)F)n3n2)CCC1. The van der Waals surface area contributed by atoms with E-state index in [2.05, 4.69) is 27.5 Å². The Hall–Kier alpha value is -1.86. The van der Waals surface area contributed by atoms with Crippen LogP contribution in [0.15, 0.2) is 12.1 Å². The quantitative estimate of drug-likeness (QED) is 0.942. The van der Waals surface area contributed by atoms with E-state index in [0.29, 0.717) is 5.82 Å². The molecule has 108 valence electrons. The molecule has 0 bridgehead atoms. The summed E-state index contributed by atoms with van der Waals surface area (Å²) in [6.45, 7) is 2.06. The zero-order valence-electron chi connectivity index (χ0n) is 10.9. The molecule has 8 heteroatoms. The Morgan fingerprint density at radius 3 is 2.60 bits per heavy atom. The number of aromatic nitrogens is 4. The number of rotatable bonds is 3. The largest absolute Gasteiger partial charge is 0.453 e. The van der Waals surface area contributed by atoms with Crippen molar-refractivity contribution in [3.05, 3.63) is 18.0 Å². The van der Waals surface area contributed by atoms with Crippen molar-refractivity contribution in [2.45, 2.75) is 44.3 Å². The van der Waals surface area contributed by atoms with E-state index in [1.165, 1.54) is 6.07 Å². The Kier molecular flexibility index (Phi) is 2.84. The van der Waals surface area contributed by atoms with Gasteiger partial charge < -0.3 is 5.32 Å². The van der Waals surface area contributed by atoms with Crippen LogP contribution in [0.2, 0.25) is 0 Å². The minimum Gasteiger partial charge on any atom is -0.363 e. The molecule has 0 spiro atoms. The highest BCUT2D eigenvalue weighted by Gasteiger charge is 2.38. The number of halogens is 3. The molecule has 0 unspecified atom stereocenters. The van der Waals surface area contributed by atoms with Crippen molar-refractivity contribution < 1.29 is 13.2 Å². The van der Waals surface area contributed by atoms with Crippen LogP contribution in [0, 0.1) is 0 Å². The Balaban J connectivity index is 1.97. The van der Waals surface area contributed by atoms with Gasteiger partial charge in [0.2, 0.25) is 0 Å². The molecule has 2 heterocycles. The molecule has 20 heavy (non-hydrogen) atoms. The van der Waals surface area contributed by atoms with Crippen molar-refractivity contribution in [2.75, 3.05) is 5.32 Å². The van der Waals surface area contributed by atoms with Crippen molar-refractivity contribution in [2.24, 2.45) is 0 Å². The van der Waals surface area contributed by atoms with Gasteiger partial charge in [-0.05, 0) is 37.8 Å². The summed E-state index contributed by atoms with van der Waals surface area (Å²) in [6, 6.07) is 3.12. The fourth-order valence-corrected chi connectivity index (χ4v) is 2.47. The Morgan fingerprint density at radius 1 is 1.30 bits per heavy atom. The number of hydrogen-bond donors (Lipinski definition) is 1. The maximum absolute atomic E-state index is 12.8. The van der Waals surface area contributed by atoms with Crippen molar-refractivity contribution in [3.63, 3.8) is 0 Å². The molecule has 0 aromatic carbocycles. The van der Waals surface area contributed by atoms with Gasteiger partial charge in [0.05, 0.1) is 0 Å². The second kappa shape index (κ2) is 4.32. The normalized spacial score (nSPS) is 18.0. The van der Waals surface area contributed by atoms with E-state index in [1.807, 2.05) is 0 Å². The molecule has 1 aliphatic carbocycles. The maximum Gasteiger partial charge on any atom is 0.453 e. The molecular weight excluding hydrogens is 271 g/mol. The van der Waals surface area contributed by atoms with Gasteiger partial charge in [0, 0.05) is 5.54 Å². The number of alkyl halides is 3. The topological polar surface area (TPSA) is 55.1 Å². The summed E-state index contributed by atoms with van der Waals surface area (Å²) in [6.07, 6.45) is -0.496. The van der Waals surface area contributed by atoms with Crippen LogP contribution in [0.3, 0.4) is 0 Å². The van der Waals surface area contributed by atoms with E-state index >= 15 is 0 Å². The third-order valence-corrected chi connectivity index (χ3v) is 3.90. The summed E-state index contributed by atoms with van der Waals surface area (Å²) in [5.41, 5.74) is 0.0506. The summed E-state index contributed by atoms with van der Waals surface area (Å²) in [4.78, 5) is 0. The molecule has 1 aliphatic rings. The second-order valence-electron chi connectivity index (χ2n) is 5.12. The van der Waals surface area contributed by atoms with E-state index in [0.717, 1.165) is 30.2 Å². The third kappa shape index (κ3) is 2.08. The van der Waals surface area contributed by atoms with E-state index in [-0.39, 0.29) is 11.2 Å². The summed E-state index contributed by atoms with van der Waals surface area (Å²) in [7, 11) is 0. The fraction of sp³-hybridized carbons (Fsp3) is 0.583. The van der Waals surface area contributed by atoms with Gasteiger partial charge in [-0.3, -0.25) is 0 Å². The molecule has 1 N–H and O–H groups in total. The first-order valence-corrected chi connectivity index (χ1v) is 6.51. The molecule has 0 saturated heterocycles. The van der Waals surface area contributed by atoms with Crippen LogP contribution in [0.4, 0.5) is 19.0 Å². The predicted octanol–water partition coefficient (Wildman–Crippen LogP) is 2.89. The first kappa shape index (κ1) is 13.1. The highest BCUT2D eigenvalue weighted by atomic mass is 19.4. The van der Waals surface area contributed by atoms with Gasteiger partial charge in [-0.15, -0.1) is 15.3 Å². The summed E-state index contributed by atoms with van der Waals surface area (Å²) in [5, 5.41) is 13.9. The van der Waals surface area contributed by atoms with E-state index < -0.39 is 12.0 Å². The Labute approximate surface area is 113 Å². The number of fused-ring (bicyclic) bond motifs is 1. The van der Waals surface area contributed by atoms with Crippen LogP contribution in [0.1, 0.15) is 38.4 Å². The molecule has 5 nitrogen and oxygen atoms in total. The molecule has 2 aromatic rings. The van der Waals surface area contributed by atoms with Gasteiger partial charge in [0.1, 0.15) is 5.82 Å². The monoisotopic (exact) mass is 285 g/mol. The fourth-order valence-electron chi connectivity index (χ4n) is 2.47. The van der Waals surface area contributed by atoms with Crippen LogP contribution in [0.25, 0.3) is 5.65 Å². The van der Waals surface area contributed by atoms with Crippen LogP contribution in [-0.2, 0) is 6.18 Å². The lowest BCUT2D eigenvalue weighted by molar-refractivity contribution is -0.146. The first-order chi connectivity index (χ1) is 9.43. The lowest BCUT2D eigenvalue weighted by Crippen LogP contribution is -2.44. The van der Waals surface area contributed by atoms with Crippen molar-refractivity contribution >= 4 is 11.5 Å². The van der Waals surface area contributed by atoms with Gasteiger partial charge >= 0.3 is 6.18 Å². The first-order valence-electron chi connectivity index (χ1n) is 6.51. The van der Waals surface area contributed by atoms with Gasteiger partial charge in [-0.2, -0.15) is 17.7 Å². The van der Waals surface area contributed by atoms with Crippen molar-refractivity contribution in [1.29, 1.82) is 0 Å². The molecule has 3 rings (SSSR count). The van der Waals surface area contributed by atoms with Crippen LogP contribution in [0.5, 0.6) is 0 Å². The number of nitrogens with one attached hydrogen (secondary N) is 1. The third-order valence-electron chi connectivity index (χ3n) is 3.90. The molecule has 0 atom stereocenters. The molecule has 0 radical (unpaired) electrons. The van der Waals surface area contributed by atoms with Gasteiger partial charge in [-0.1, -0.05) is 6.92 Å². The van der Waals surface area contributed by atoms with Crippen LogP contribution in [-0.4, -0.2) is 25.4 Å². The van der Waals surface area contributed by atoms with Crippen LogP contribution < -0.4 is 5.32 Å². The Bertz CT molecular complexity index is 624. The standard InChI is InChI=1S/C12H14F3N5/c1-2-11(6-3-7-11)16-8-4-5-9-17-18-10(12(13,14)15)20(9)19-8/h4-5H,2-3,6-7H2,1H3,(H,16,19). The molecule has 1 saturated carbocycles. The molecule has 0 aliphatic heterocycles. The summed E-state index contributed by atoms with van der Waals surface area (Å²) >= 11 is 0. The van der Waals surface area contributed by atoms with Crippen molar-refractivity contribution in [1.82, 2.24) is 19.8 Å². The minimum absolute atomic E-state index is 0.0346. The predicted molar refractivity (Wildman–Crippen MR) is 66.3 cm³/mol. The zero-order valence-corrected chi connectivity index (χ0v) is 10.9. The highest BCUT2D eigenvalue weighted by molar-refractivity contribution is 5.46. The van der Waals surface area contributed by atoms with E-state index in [1.54, 1.807) is 6.07 Å². The van der Waals surface area contributed by atoms with Crippen LogP contribution >= 0.6 is 0 Å². The molecule has 0 amide bonds. The average Bonchev–Trinajstić information content (AvgIpc) is 2.76. The highest BCUT2D eigenvalue weighted by Crippen LogP contribution is 2.37. The van der Waals surface area contributed by atoms with Gasteiger partial charge in [0.25, 0.3) is 5.82 Å². The molecular formula is C12H14F3N5. The number of nitrogens with zero attached hydrogens (tertiary/aromatic N) is 4. The summed E-state index contributed by atoms with van der Waals surface area (Å²) in [5.74, 6) is -0.681. The summed E-state index contributed by atoms with van der Waals surface area (Å²) < 4.78 is 39.1. The maximum atomic E-state index is 12.8. The van der Waals surface area contributed by atoms with Crippen molar-refractivity contribution in [3.8, 4) is 0 Å². The zero-order chi connectivity index (χ0) is 14.4. The number of hydrogen-bond acceptors (Lipinski definition) is 4.